The molecular weight excluding hydrogens is 326 g/mol. The van der Waals surface area contributed by atoms with Crippen LogP contribution in [0.5, 0.6) is 0 Å². The van der Waals surface area contributed by atoms with E-state index in [1.54, 1.807) is 18.2 Å². The SMILES string of the molecule is CN(C)c1ccc(NC(=O)C(=O)NCCc2ccccc2Cl)cc1. The Morgan fingerprint density at radius 1 is 1.00 bits per heavy atom. The molecule has 0 fully saturated rings. The average Bonchev–Trinajstić information content (AvgIpc) is 2.57. The lowest BCUT2D eigenvalue weighted by Gasteiger charge is -2.13. The van der Waals surface area contributed by atoms with Crippen LogP contribution in [-0.2, 0) is 16.0 Å². The summed E-state index contributed by atoms with van der Waals surface area (Å²) < 4.78 is 0. The van der Waals surface area contributed by atoms with Gasteiger partial charge >= 0.3 is 11.8 Å². The maximum absolute atomic E-state index is 11.9. The molecule has 0 radical (unpaired) electrons. The molecular formula is C18H20ClN3O2. The van der Waals surface area contributed by atoms with Crippen molar-refractivity contribution < 1.29 is 9.59 Å². The minimum atomic E-state index is -0.688. The lowest BCUT2D eigenvalue weighted by molar-refractivity contribution is -0.136. The third-order valence-electron chi connectivity index (χ3n) is 3.49. The van der Waals surface area contributed by atoms with Crippen molar-refractivity contribution >= 4 is 34.8 Å². The van der Waals surface area contributed by atoms with E-state index in [4.69, 9.17) is 11.6 Å². The van der Waals surface area contributed by atoms with Gasteiger partial charge in [-0.25, -0.2) is 0 Å². The summed E-state index contributed by atoms with van der Waals surface area (Å²) in [7, 11) is 3.86. The van der Waals surface area contributed by atoms with E-state index in [1.807, 2.05) is 49.3 Å². The molecule has 0 atom stereocenters. The monoisotopic (exact) mass is 345 g/mol. The molecule has 0 aliphatic heterocycles. The average molecular weight is 346 g/mol. The summed E-state index contributed by atoms with van der Waals surface area (Å²) in [6.45, 7) is 0.343. The fourth-order valence-electron chi connectivity index (χ4n) is 2.12. The van der Waals surface area contributed by atoms with E-state index in [2.05, 4.69) is 10.6 Å². The Bertz CT molecular complexity index is 714. The predicted molar refractivity (Wildman–Crippen MR) is 97.6 cm³/mol. The lowest BCUT2D eigenvalue weighted by atomic mass is 10.1. The van der Waals surface area contributed by atoms with Crippen LogP contribution in [0.25, 0.3) is 0 Å². The number of halogens is 1. The minimum Gasteiger partial charge on any atom is -0.378 e. The fourth-order valence-corrected chi connectivity index (χ4v) is 2.35. The molecule has 0 saturated carbocycles. The summed E-state index contributed by atoms with van der Waals surface area (Å²) in [5, 5.41) is 5.81. The highest BCUT2D eigenvalue weighted by Gasteiger charge is 2.13. The molecule has 0 saturated heterocycles. The summed E-state index contributed by atoms with van der Waals surface area (Å²) in [6.07, 6.45) is 0.566. The zero-order chi connectivity index (χ0) is 17.5. The second kappa shape index (κ2) is 8.36. The Hall–Kier alpha value is -2.53. The fraction of sp³-hybridized carbons (Fsp3) is 0.222. The molecule has 2 amide bonds. The van der Waals surface area contributed by atoms with Crippen molar-refractivity contribution in [3.8, 4) is 0 Å². The van der Waals surface area contributed by atoms with Crippen LogP contribution in [-0.4, -0.2) is 32.5 Å². The van der Waals surface area contributed by atoms with Gasteiger partial charge in [-0.1, -0.05) is 29.8 Å². The van der Waals surface area contributed by atoms with E-state index in [-0.39, 0.29) is 0 Å². The molecule has 126 valence electrons. The maximum Gasteiger partial charge on any atom is 0.313 e. The minimum absolute atomic E-state index is 0.343. The van der Waals surface area contributed by atoms with Gasteiger partial charge in [-0.2, -0.15) is 0 Å². The maximum atomic E-state index is 11.9. The van der Waals surface area contributed by atoms with Gasteiger partial charge in [0.2, 0.25) is 0 Å². The van der Waals surface area contributed by atoms with Crippen LogP contribution in [0.15, 0.2) is 48.5 Å². The standard InChI is InChI=1S/C18H20ClN3O2/c1-22(2)15-9-7-14(8-10-15)21-18(24)17(23)20-12-11-13-5-3-4-6-16(13)19/h3-10H,11-12H2,1-2H3,(H,20,23)(H,21,24). The molecule has 5 nitrogen and oxygen atoms in total. The van der Waals surface area contributed by atoms with Crippen LogP contribution >= 0.6 is 11.6 Å². The molecule has 24 heavy (non-hydrogen) atoms. The van der Waals surface area contributed by atoms with Crippen molar-refractivity contribution in [2.24, 2.45) is 0 Å². The van der Waals surface area contributed by atoms with Gasteiger partial charge in [-0.15, -0.1) is 0 Å². The van der Waals surface area contributed by atoms with Crippen LogP contribution in [0.3, 0.4) is 0 Å². The summed E-state index contributed by atoms with van der Waals surface area (Å²) >= 11 is 6.05. The van der Waals surface area contributed by atoms with Crippen LogP contribution in [0, 0.1) is 0 Å². The number of nitrogens with zero attached hydrogens (tertiary/aromatic N) is 1. The van der Waals surface area contributed by atoms with Crippen molar-refractivity contribution in [2.45, 2.75) is 6.42 Å². The zero-order valence-electron chi connectivity index (χ0n) is 13.7. The van der Waals surface area contributed by atoms with Crippen molar-refractivity contribution in [3.05, 3.63) is 59.1 Å². The molecule has 0 bridgehead atoms. The Balaban J connectivity index is 1.82. The van der Waals surface area contributed by atoms with Gasteiger partial charge < -0.3 is 15.5 Å². The van der Waals surface area contributed by atoms with Crippen molar-refractivity contribution in [1.82, 2.24) is 5.32 Å². The Morgan fingerprint density at radius 3 is 2.29 bits per heavy atom. The number of hydrogen-bond donors (Lipinski definition) is 2. The number of hydrogen-bond acceptors (Lipinski definition) is 3. The smallest absolute Gasteiger partial charge is 0.313 e. The molecule has 0 spiro atoms. The van der Waals surface area contributed by atoms with Gasteiger partial charge in [0, 0.05) is 37.0 Å². The topological polar surface area (TPSA) is 61.4 Å². The largest absolute Gasteiger partial charge is 0.378 e. The number of rotatable bonds is 5. The zero-order valence-corrected chi connectivity index (χ0v) is 14.4. The summed E-state index contributed by atoms with van der Waals surface area (Å²) in [5.74, 6) is -1.36. The summed E-state index contributed by atoms with van der Waals surface area (Å²) in [5.41, 5.74) is 2.52. The van der Waals surface area contributed by atoms with Crippen molar-refractivity contribution in [2.75, 3.05) is 30.9 Å². The molecule has 2 aromatic rings. The van der Waals surface area contributed by atoms with E-state index < -0.39 is 11.8 Å². The molecule has 0 aliphatic rings. The highest BCUT2D eigenvalue weighted by Crippen LogP contribution is 2.16. The third-order valence-corrected chi connectivity index (χ3v) is 3.85. The number of anilines is 2. The van der Waals surface area contributed by atoms with Crippen molar-refractivity contribution in [3.63, 3.8) is 0 Å². The van der Waals surface area contributed by atoms with Gasteiger partial charge in [0.1, 0.15) is 0 Å². The molecule has 0 unspecified atom stereocenters. The molecule has 6 heteroatoms. The van der Waals surface area contributed by atoms with E-state index in [9.17, 15) is 9.59 Å². The van der Waals surface area contributed by atoms with Gasteiger partial charge in [-0.3, -0.25) is 9.59 Å². The van der Waals surface area contributed by atoms with E-state index in [0.29, 0.717) is 23.7 Å². The first-order chi connectivity index (χ1) is 11.5. The van der Waals surface area contributed by atoms with Crippen LogP contribution in [0.1, 0.15) is 5.56 Å². The van der Waals surface area contributed by atoms with Crippen LogP contribution < -0.4 is 15.5 Å². The Morgan fingerprint density at radius 2 is 1.67 bits per heavy atom. The molecule has 0 aromatic heterocycles. The third kappa shape index (κ3) is 4.99. The quantitative estimate of drug-likeness (QED) is 0.819. The molecule has 0 aliphatic carbocycles. The highest BCUT2D eigenvalue weighted by molar-refractivity contribution is 6.39. The predicted octanol–water partition coefficient (Wildman–Crippen LogP) is 2.70. The number of carbonyl (C=O) groups excluding carboxylic acids is 2. The van der Waals surface area contributed by atoms with Crippen LogP contribution in [0.4, 0.5) is 11.4 Å². The summed E-state index contributed by atoms with van der Waals surface area (Å²) in [4.78, 5) is 25.7. The van der Waals surface area contributed by atoms with Crippen LogP contribution in [0.2, 0.25) is 5.02 Å². The molecule has 2 aromatic carbocycles. The van der Waals surface area contributed by atoms with E-state index in [1.165, 1.54) is 0 Å². The Kier molecular flexibility index (Phi) is 6.21. The second-order valence-corrected chi connectivity index (χ2v) is 5.90. The van der Waals surface area contributed by atoms with Gasteiger partial charge in [0.25, 0.3) is 0 Å². The molecule has 0 heterocycles. The normalized spacial score (nSPS) is 10.1. The van der Waals surface area contributed by atoms with Gasteiger partial charge in [0.05, 0.1) is 0 Å². The van der Waals surface area contributed by atoms with Gasteiger partial charge in [0.15, 0.2) is 0 Å². The molecule has 2 N–H and O–H groups in total. The highest BCUT2D eigenvalue weighted by atomic mass is 35.5. The van der Waals surface area contributed by atoms with Gasteiger partial charge in [-0.05, 0) is 42.3 Å². The first-order valence-corrected chi connectivity index (χ1v) is 7.95. The number of amides is 2. The lowest BCUT2D eigenvalue weighted by Crippen LogP contribution is -2.36. The first-order valence-electron chi connectivity index (χ1n) is 7.57. The summed E-state index contributed by atoms with van der Waals surface area (Å²) in [6, 6.07) is 14.7. The number of benzene rings is 2. The first kappa shape index (κ1) is 17.8. The number of nitrogens with one attached hydrogen (secondary N) is 2. The second-order valence-electron chi connectivity index (χ2n) is 5.49. The van der Waals surface area contributed by atoms with E-state index >= 15 is 0 Å². The Labute approximate surface area is 146 Å². The molecule has 2 rings (SSSR count). The van der Waals surface area contributed by atoms with Crippen molar-refractivity contribution in [1.29, 1.82) is 0 Å². The van der Waals surface area contributed by atoms with E-state index in [0.717, 1.165) is 11.3 Å². The number of carbonyl (C=O) groups is 2.